The van der Waals surface area contributed by atoms with Gasteiger partial charge in [-0.05, 0) is 61.4 Å². The Bertz CT molecular complexity index is 1250. The number of hydrogen-bond acceptors (Lipinski definition) is 4. The molecule has 0 fully saturated rings. The van der Waals surface area contributed by atoms with Crippen molar-refractivity contribution in [2.24, 2.45) is 0 Å². The van der Waals surface area contributed by atoms with Crippen LogP contribution in [0.4, 0.5) is 11.4 Å². The van der Waals surface area contributed by atoms with Crippen LogP contribution in [0.3, 0.4) is 0 Å². The van der Waals surface area contributed by atoms with Gasteiger partial charge in [0.2, 0.25) is 5.91 Å². The summed E-state index contributed by atoms with van der Waals surface area (Å²) in [6.07, 6.45) is 2.63. The Balaban J connectivity index is 1.38. The molecule has 6 nitrogen and oxygen atoms in total. The van der Waals surface area contributed by atoms with Gasteiger partial charge < -0.3 is 19.7 Å². The standard InChI is InChI=1S/C29H28N2O4/c1-20(2)18-31-26-17-24(12-15-27(26)35-21(3)29(31)33)30-28(32)16-11-22-9-13-25(14-10-22)34-19-23-7-5-4-6-8-23/h4-17,21H,1,18-19H2,2-3H3,(H,30,32)/b16-11+. The van der Waals surface area contributed by atoms with E-state index in [0.717, 1.165) is 22.4 Å². The summed E-state index contributed by atoms with van der Waals surface area (Å²) in [4.78, 5) is 26.8. The van der Waals surface area contributed by atoms with Crippen molar-refractivity contribution in [1.29, 1.82) is 0 Å². The van der Waals surface area contributed by atoms with Gasteiger partial charge in [0.25, 0.3) is 5.91 Å². The minimum atomic E-state index is -0.569. The van der Waals surface area contributed by atoms with Crippen molar-refractivity contribution in [3.8, 4) is 11.5 Å². The highest BCUT2D eigenvalue weighted by atomic mass is 16.5. The number of nitrogens with one attached hydrogen (secondary N) is 1. The van der Waals surface area contributed by atoms with E-state index in [1.54, 1.807) is 36.1 Å². The first-order valence-electron chi connectivity index (χ1n) is 11.4. The maximum absolute atomic E-state index is 12.6. The molecule has 3 aromatic carbocycles. The highest BCUT2D eigenvalue weighted by Gasteiger charge is 2.31. The van der Waals surface area contributed by atoms with E-state index in [1.807, 2.05) is 61.5 Å². The molecule has 178 valence electrons. The van der Waals surface area contributed by atoms with Gasteiger partial charge in [-0.15, -0.1) is 0 Å². The molecule has 6 heteroatoms. The lowest BCUT2D eigenvalue weighted by molar-refractivity contribution is -0.125. The van der Waals surface area contributed by atoms with Gasteiger partial charge in [0.05, 0.1) is 5.69 Å². The number of ether oxygens (including phenoxy) is 2. The van der Waals surface area contributed by atoms with E-state index in [4.69, 9.17) is 9.47 Å². The fourth-order valence-corrected chi connectivity index (χ4v) is 3.69. The number of hydrogen-bond donors (Lipinski definition) is 1. The number of amides is 2. The maximum Gasteiger partial charge on any atom is 0.268 e. The summed E-state index contributed by atoms with van der Waals surface area (Å²) in [6, 6.07) is 22.8. The van der Waals surface area contributed by atoms with Crippen LogP contribution in [0.25, 0.3) is 6.08 Å². The largest absolute Gasteiger partial charge is 0.489 e. The predicted octanol–water partition coefficient (Wildman–Crippen LogP) is 5.61. The van der Waals surface area contributed by atoms with Crippen molar-refractivity contribution in [3.05, 3.63) is 102 Å². The maximum atomic E-state index is 12.6. The van der Waals surface area contributed by atoms with Gasteiger partial charge in [-0.2, -0.15) is 0 Å². The van der Waals surface area contributed by atoms with Crippen LogP contribution in [0.5, 0.6) is 11.5 Å². The summed E-state index contributed by atoms with van der Waals surface area (Å²) in [5.41, 5.74) is 4.01. The molecule has 4 rings (SSSR count). The van der Waals surface area contributed by atoms with Gasteiger partial charge in [0, 0.05) is 18.3 Å². The first-order chi connectivity index (χ1) is 16.9. The van der Waals surface area contributed by atoms with Gasteiger partial charge in [0.15, 0.2) is 6.10 Å². The van der Waals surface area contributed by atoms with Gasteiger partial charge in [-0.1, -0.05) is 54.6 Å². The van der Waals surface area contributed by atoms with Crippen molar-refractivity contribution in [2.45, 2.75) is 26.6 Å². The Morgan fingerprint density at radius 2 is 1.86 bits per heavy atom. The normalized spacial score (nSPS) is 14.9. The molecule has 1 aliphatic heterocycles. The number of rotatable bonds is 8. The smallest absolute Gasteiger partial charge is 0.268 e. The van der Waals surface area contributed by atoms with Crippen molar-refractivity contribution in [3.63, 3.8) is 0 Å². The average molecular weight is 469 g/mol. The first-order valence-corrected chi connectivity index (χ1v) is 11.4. The van der Waals surface area contributed by atoms with E-state index < -0.39 is 6.10 Å². The monoisotopic (exact) mass is 468 g/mol. The first kappa shape index (κ1) is 23.8. The third-order valence-electron chi connectivity index (χ3n) is 5.42. The summed E-state index contributed by atoms with van der Waals surface area (Å²) in [6.45, 7) is 8.39. The van der Waals surface area contributed by atoms with Crippen LogP contribution in [-0.2, 0) is 16.2 Å². The fourth-order valence-electron chi connectivity index (χ4n) is 3.69. The third kappa shape index (κ3) is 6.18. The Morgan fingerprint density at radius 1 is 1.11 bits per heavy atom. The molecule has 0 spiro atoms. The SMILES string of the molecule is C=C(C)CN1C(=O)C(C)Oc2ccc(NC(=O)/C=C/c3ccc(OCc4ccccc4)cc3)cc21. The fraction of sp³-hybridized carbons (Fsp3) is 0.172. The van der Waals surface area contributed by atoms with Crippen LogP contribution in [0, 0.1) is 0 Å². The molecule has 1 aliphatic rings. The van der Waals surface area contributed by atoms with Crippen LogP contribution < -0.4 is 19.7 Å². The van der Waals surface area contributed by atoms with Crippen LogP contribution >= 0.6 is 0 Å². The molecule has 0 saturated carbocycles. The Labute approximate surface area is 205 Å². The number of nitrogens with zero attached hydrogens (tertiary/aromatic N) is 1. The molecule has 1 atom stereocenters. The van der Waals surface area contributed by atoms with Crippen molar-refractivity contribution >= 4 is 29.3 Å². The molecular formula is C29H28N2O4. The van der Waals surface area contributed by atoms with Gasteiger partial charge in [-0.3, -0.25) is 9.59 Å². The zero-order valence-electron chi connectivity index (χ0n) is 19.9. The van der Waals surface area contributed by atoms with E-state index in [0.29, 0.717) is 30.3 Å². The molecular weight excluding hydrogens is 440 g/mol. The van der Waals surface area contributed by atoms with E-state index in [9.17, 15) is 9.59 Å². The Kier molecular flexibility index (Phi) is 7.31. The number of fused-ring (bicyclic) bond motifs is 1. The molecule has 0 aromatic heterocycles. The Hall–Kier alpha value is -4.32. The summed E-state index contributed by atoms with van der Waals surface area (Å²) in [5.74, 6) is 0.939. The summed E-state index contributed by atoms with van der Waals surface area (Å²) in [7, 11) is 0. The van der Waals surface area contributed by atoms with Crippen molar-refractivity contribution in [1.82, 2.24) is 0 Å². The van der Waals surface area contributed by atoms with Crippen LogP contribution in [-0.4, -0.2) is 24.5 Å². The molecule has 1 unspecified atom stereocenters. The third-order valence-corrected chi connectivity index (χ3v) is 5.42. The quantitative estimate of drug-likeness (QED) is 0.345. The highest BCUT2D eigenvalue weighted by molar-refractivity contribution is 6.04. The molecule has 0 aliphatic carbocycles. The van der Waals surface area contributed by atoms with Crippen LogP contribution in [0.2, 0.25) is 0 Å². The van der Waals surface area contributed by atoms with E-state index >= 15 is 0 Å². The molecule has 1 heterocycles. The minimum Gasteiger partial charge on any atom is -0.489 e. The molecule has 35 heavy (non-hydrogen) atoms. The van der Waals surface area contributed by atoms with Gasteiger partial charge in [0.1, 0.15) is 18.1 Å². The van der Waals surface area contributed by atoms with Crippen LogP contribution in [0.15, 0.2) is 91.0 Å². The number of benzene rings is 3. The number of carbonyl (C=O) groups excluding carboxylic acids is 2. The summed E-state index contributed by atoms with van der Waals surface area (Å²) < 4.78 is 11.5. The van der Waals surface area contributed by atoms with E-state index in [2.05, 4.69) is 11.9 Å². The van der Waals surface area contributed by atoms with Crippen molar-refractivity contribution in [2.75, 3.05) is 16.8 Å². The highest BCUT2D eigenvalue weighted by Crippen LogP contribution is 2.36. The topological polar surface area (TPSA) is 67.9 Å². The Morgan fingerprint density at radius 3 is 2.57 bits per heavy atom. The lowest BCUT2D eigenvalue weighted by Crippen LogP contribution is -2.45. The average Bonchev–Trinajstić information content (AvgIpc) is 2.86. The van der Waals surface area contributed by atoms with E-state index in [1.165, 1.54) is 6.08 Å². The predicted molar refractivity (Wildman–Crippen MR) is 139 cm³/mol. The van der Waals surface area contributed by atoms with E-state index in [-0.39, 0.29) is 11.8 Å². The summed E-state index contributed by atoms with van der Waals surface area (Å²) in [5, 5.41) is 2.85. The molecule has 0 radical (unpaired) electrons. The second kappa shape index (κ2) is 10.7. The number of anilines is 2. The number of carbonyl (C=O) groups is 2. The lowest BCUT2D eigenvalue weighted by Gasteiger charge is -2.33. The summed E-state index contributed by atoms with van der Waals surface area (Å²) >= 11 is 0. The van der Waals surface area contributed by atoms with Gasteiger partial charge >= 0.3 is 0 Å². The minimum absolute atomic E-state index is 0.139. The molecule has 3 aromatic rings. The van der Waals surface area contributed by atoms with Crippen LogP contribution in [0.1, 0.15) is 25.0 Å². The molecule has 1 N–H and O–H groups in total. The van der Waals surface area contributed by atoms with Gasteiger partial charge in [-0.25, -0.2) is 0 Å². The molecule has 2 amide bonds. The molecule has 0 saturated heterocycles. The zero-order valence-corrected chi connectivity index (χ0v) is 19.9. The second-order valence-electron chi connectivity index (χ2n) is 8.49. The molecule has 0 bridgehead atoms. The zero-order chi connectivity index (χ0) is 24.8. The lowest BCUT2D eigenvalue weighted by atomic mass is 10.1. The van der Waals surface area contributed by atoms with Crippen molar-refractivity contribution < 1.29 is 19.1 Å². The second-order valence-corrected chi connectivity index (χ2v) is 8.49.